The van der Waals surface area contributed by atoms with E-state index in [-0.39, 0.29) is 17.7 Å². The summed E-state index contributed by atoms with van der Waals surface area (Å²) in [6.45, 7) is 0. The van der Waals surface area contributed by atoms with Crippen molar-refractivity contribution in [3.63, 3.8) is 0 Å². The number of benzene rings is 2. The summed E-state index contributed by atoms with van der Waals surface area (Å²) in [5, 5.41) is 3.36. The van der Waals surface area contributed by atoms with Crippen LogP contribution in [-0.4, -0.2) is 5.75 Å². The van der Waals surface area contributed by atoms with Crippen LogP contribution in [-0.2, 0) is 0 Å². The number of rotatable bonds is 2. The lowest BCUT2D eigenvalue weighted by Crippen LogP contribution is -2.16. The van der Waals surface area contributed by atoms with Crippen molar-refractivity contribution in [2.24, 2.45) is 0 Å². The van der Waals surface area contributed by atoms with Gasteiger partial charge in [0.15, 0.2) is 0 Å². The summed E-state index contributed by atoms with van der Waals surface area (Å²) in [6.07, 6.45) is 0.913. The first kappa shape index (κ1) is 13.9. The molecule has 1 heterocycles. The van der Waals surface area contributed by atoms with Crippen LogP contribution in [0.3, 0.4) is 0 Å². The minimum atomic E-state index is -0.291. The molecule has 1 N–H and O–H groups in total. The summed E-state index contributed by atoms with van der Waals surface area (Å²) in [5.74, 6) is 0.411. The van der Waals surface area contributed by atoms with Crippen molar-refractivity contribution in [1.29, 1.82) is 0 Å². The third-order valence-corrected chi connectivity index (χ3v) is 5.05. The van der Waals surface area contributed by atoms with E-state index in [1.807, 2.05) is 6.07 Å². The van der Waals surface area contributed by atoms with E-state index in [1.165, 1.54) is 12.1 Å². The topological polar surface area (TPSA) is 12.0 Å². The van der Waals surface area contributed by atoms with Gasteiger partial charge in [0.05, 0.1) is 10.5 Å². The van der Waals surface area contributed by atoms with E-state index in [9.17, 15) is 8.78 Å². The van der Waals surface area contributed by atoms with Gasteiger partial charge in [-0.25, -0.2) is 8.78 Å². The Labute approximate surface area is 128 Å². The summed E-state index contributed by atoms with van der Waals surface area (Å²) < 4.78 is 27.5. The monoisotopic (exact) mass is 355 g/mol. The van der Waals surface area contributed by atoms with Crippen LogP contribution >= 0.6 is 27.7 Å². The maximum absolute atomic E-state index is 13.8. The molecule has 3 rings (SSSR count). The maximum atomic E-state index is 13.8. The van der Waals surface area contributed by atoms with Crippen LogP contribution in [0.1, 0.15) is 18.0 Å². The van der Waals surface area contributed by atoms with Gasteiger partial charge in [-0.05, 0) is 52.2 Å². The molecule has 0 radical (unpaired) electrons. The van der Waals surface area contributed by atoms with Crippen LogP contribution in [0.15, 0.2) is 45.8 Å². The third-order valence-electron chi connectivity index (χ3n) is 3.29. The molecule has 1 unspecified atom stereocenters. The Bertz CT molecular complexity index is 648. The fraction of sp³-hybridized carbons (Fsp3) is 0.200. The van der Waals surface area contributed by atoms with Crippen LogP contribution < -0.4 is 5.32 Å². The second-order valence-electron chi connectivity index (χ2n) is 4.62. The van der Waals surface area contributed by atoms with Crippen LogP contribution in [0, 0.1) is 11.6 Å². The summed E-state index contributed by atoms with van der Waals surface area (Å²) in [4.78, 5) is 0.720. The van der Waals surface area contributed by atoms with Crippen molar-refractivity contribution in [2.75, 3.05) is 11.1 Å². The molecule has 1 atom stereocenters. The number of halogens is 3. The number of fused-ring (bicyclic) bond motifs is 1. The highest BCUT2D eigenvalue weighted by atomic mass is 79.9. The van der Waals surface area contributed by atoms with E-state index < -0.39 is 0 Å². The predicted molar refractivity (Wildman–Crippen MR) is 82.2 cm³/mol. The first-order valence-corrected chi connectivity index (χ1v) is 8.06. The quantitative estimate of drug-likeness (QED) is 0.776. The fourth-order valence-electron chi connectivity index (χ4n) is 2.32. The summed E-state index contributed by atoms with van der Waals surface area (Å²) in [5.41, 5.74) is 1.80. The molecule has 2 aromatic rings. The van der Waals surface area contributed by atoms with E-state index in [4.69, 9.17) is 0 Å². The van der Waals surface area contributed by atoms with Crippen molar-refractivity contribution in [2.45, 2.75) is 17.4 Å². The highest BCUT2D eigenvalue weighted by Gasteiger charge is 2.23. The summed E-state index contributed by atoms with van der Waals surface area (Å²) >= 11 is 4.73. The minimum absolute atomic E-state index is 0.0549. The lowest BCUT2D eigenvalue weighted by atomic mass is 10.0. The van der Waals surface area contributed by atoms with Crippen molar-refractivity contribution < 1.29 is 8.78 Å². The van der Waals surface area contributed by atoms with Crippen molar-refractivity contribution >= 4 is 33.4 Å². The first-order valence-electron chi connectivity index (χ1n) is 6.28. The lowest BCUT2D eigenvalue weighted by molar-refractivity contribution is 0.585. The molecule has 20 heavy (non-hydrogen) atoms. The predicted octanol–water partition coefficient (Wildman–Crippen LogP) is 5.38. The Hall–Kier alpha value is -1.07. The molecule has 5 heteroatoms. The van der Waals surface area contributed by atoms with E-state index in [0.29, 0.717) is 4.47 Å². The lowest BCUT2D eigenvalue weighted by Gasteiger charge is -2.27. The number of hydrogen-bond donors (Lipinski definition) is 1. The average molecular weight is 356 g/mol. The number of nitrogens with one attached hydrogen (secondary N) is 1. The first-order chi connectivity index (χ1) is 9.65. The van der Waals surface area contributed by atoms with Gasteiger partial charge in [0.25, 0.3) is 0 Å². The van der Waals surface area contributed by atoms with E-state index >= 15 is 0 Å². The van der Waals surface area contributed by atoms with Gasteiger partial charge in [-0.1, -0.05) is 12.1 Å². The van der Waals surface area contributed by atoms with Gasteiger partial charge in [-0.15, -0.1) is 11.8 Å². The molecule has 104 valence electrons. The molecule has 1 nitrogen and oxygen atoms in total. The number of hydrogen-bond acceptors (Lipinski definition) is 2. The molecule has 0 aliphatic carbocycles. The van der Waals surface area contributed by atoms with E-state index in [0.717, 1.165) is 28.3 Å². The van der Waals surface area contributed by atoms with Gasteiger partial charge >= 0.3 is 0 Å². The zero-order valence-corrected chi connectivity index (χ0v) is 12.9. The van der Waals surface area contributed by atoms with E-state index in [1.54, 1.807) is 30.0 Å². The molecule has 0 fully saturated rings. The smallest absolute Gasteiger partial charge is 0.137 e. The van der Waals surface area contributed by atoms with Crippen LogP contribution in [0.4, 0.5) is 14.5 Å². The van der Waals surface area contributed by atoms with Gasteiger partial charge in [0, 0.05) is 16.3 Å². The zero-order chi connectivity index (χ0) is 14.1. The number of thioether (sulfide) groups is 1. The summed E-state index contributed by atoms with van der Waals surface area (Å²) in [7, 11) is 0. The molecule has 0 saturated heterocycles. The molecule has 1 aliphatic heterocycles. The molecule has 0 aromatic heterocycles. The normalized spacial score (nSPS) is 17.6. The maximum Gasteiger partial charge on any atom is 0.137 e. The molecule has 0 spiro atoms. The van der Waals surface area contributed by atoms with Crippen molar-refractivity contribution in [3.05, 3.63) is 58.1 Å². The second kappa shape index (κ2) is 5.74. The highest BCUT2D eigenvalue weighted by molar-refractivity contribution is 9.10. The second-order valence-corrected chi connectivity index (χ2v) is 6.58. The molecule has 0 saturated carbocycles. The van der Waals surface area contributed by atoms with Crippen molar-refractivity contribution in [1.82, 2.24) is 0 Å². The highest BCUT2D eigenvalue weighted by Crippen LogP contribution is 2.39. The number of anilines is 1. The summed E-state index contributed by atoms with van der Waals surface area (Å²) in [6, 6.07) is 10.0. The zero-order valence-electron chi connectivity index (χ0n) is 10.5. The minimum Gasteiger partial charge on any atom is -0.378 e. The Kier molecular flexibility index (Phi) is 3.98. The molecule has 0 bridgehead atoms. The van der Waals surface area contributed by atoms with Gasteiger partial charge in [0.1, 0.15) is 11.6 Å². The van der Waals surface area contributed by atoms with Crippen molar-refractivity contribution in [3.8, 4) is 0 Å². The molecule has 0 amide bonds. The third kappa shape index (κ3) is 2.69. The van der Waals surface area contributed by atoms with Gasteiger partial charge in [0.2, 0.25) is 0 Å². The van der Waals surface area contributed by atoms with Crippen LogP contribution in [0.2, 0.25) is 0 Å². The Morgan fingerprint density at radius 2 is 2.00 bits per heavy atom. The molecule has 1 aliphatic rings. The SMILES string of the molecule is Fc1ccc(NC2CCSc3c(F)cccc32)cc1Br. The van der Waals surface area contributed by atoms with Gasteiger partial charge in [-0.3, -0.25) is 0 Å². The Morgan fingerprint density at radius 1 is 1.15 bits per heavy atom. The average Bonchev–Trinajstić information content (AvgIpc) is 2.44. The van der Waals surface area contributed by atoms with Gasteiger partial charge < -0.3 is 5.32 Å². The van der Waals surface area contributed by atoms with E-state index in [2.05, 4.69) is 21.2 Å². The standard InChI is InChI=1S/C15H12BrF2NS/c16-11-8-9(4-5-12(11)17)19-14-6-7-20-15-10(14)2-1-3-13(15)18/h1-5,8,14,19H,6-7H2. The molecule has 2 aromatic carbocycles. The van der Waals surface area contributed by atoms with Gasteiger partial charge in [-0.2, -0.15) is 0 Å². The van der Waals surface area contributed by atoms with Crippen LogP contribution in [0.25, 0.3) is 0 Å². The molecular weight excluding hydrogens is 344 g/mol. The molecular formula is C15H12BrF2NS. The largest absolute Gasteiger partial charge is 0.378 e. The Balaban J connectivity index is 1.89. The van der Waals surface area contributed by atoms with Crippen LogP contribution in [0.5, 0.6) is 0 Å². The Morgan fingerprint density at radius 3 is 2.80 bits per heavy atom. The fourth-order valence-corrected chi connectivity index (χ4v) is 3.84.